The van der Waals surface area contributed by atoms with Crippen LogP contribution in [0.25, 0.3) is 33.4 Å². The van der Waals surface area contributed by atoms with Crippen molar-refractivity contribution >= 4 is 41.2 Å². The molecule has 0 bridgehead atoms. The van der Waals surface area contributed by atoms with Gasteiger partial charge in [-0.25, -0.2) is 9.38 Å². The second kappa shape index (κ2) is 11.1. The number of halogens is 1. The van der Waals surface area contributed by atoms with E-state index in [0.717, 1.165) is 5.56 Å². The summed E-state index contributed by atoms with van der Waals surface area (Å²) in [5.74, 6) is -0.149. The molecule has 2 amide bonds. The van der Waals surface area contributed by atoms with Gasteiger partial charge in [-0.1, -0.05) is 12.1 Å². The molecular weight excluding hydrogens is 533 g/mol. The van der Waals surface area contributed by atoms with Crippen LogP contribution >= 0.6 is 12.0 Å². The Balaban J connectivity index is 1.60. The summed E-state index contributed by atoms with van der Waals surface area (Å²) < 4.78 is 30.9. The summed E-state index contributed by atoms with van der Waals surface area (Å²) >= 11 is 1.19. The highest BCUT2D eigenvalue weighted by Gasteiger charge is 2.35. The zero-order valence-corrected chi connectivity index (χ0v) is 23.2. The molecule has 3 aromatic carbocycles. The van der Waals surface area contributed by atoms with Crippen molar-refractivity contribution in [3.05, 3.63) is 77.6 Å². The molecule has 5 rings (SSSR count). The predicted octanol–water partition coefficient (Wildman–Crippen LogP) is 6.21. The fraction of sp³-hybridized carbons (Fsp3) is 0.233. The van der Waals surface area contributed by atoms with Crippen LogP contribution in [-0.4, -0.2) is 42.8 Å². The standard InChI is InChI=1S/C30H28FN3O5S/c1-5-37-23-15-24-22(25(28(36)32-4)26(39-24)17-9-11-20(31)12-10-17)14-21(23)18-7-6-8-19(13-18)27(35)34-30(2,3)29-33-16-38-40-29/h6-16,29H,5H2,1-4H3,(H,32,36)(H,34,35). The summed E-state index contributed by atoms with van der Waals surface area (Å²) in [6.45, 7) is 6.03. The third-order valence-electron chi connectivity index (χ3n) is 6.53. The Bertz CT molecular complexity index is 1610. The number of rotatable bonds is 8. The second-order valence-corrected chi connectivity index (χ2v) is 10.6. The number of hydrogen-bond donors (Lipinski definition) is 2. The van der Waals surface area contributed by atoms with Crippen molar-refractivity contribution in [3.8, 4) is 28.2 Å². The fourth-order valence-corrected chi connectivity index (χ4v) is 5.13. The van der Waals surface area contributed by atoms with Gasteiger partial charge in [0.2, 0.25) is 0 Å². The number of carbonyl (C=O) groups excluding carboxylic acids is 2. The lowest BCUT2D eigenvalue weighted by Gasteiger charge is -2.28. The third kappa shape index (κ3) is 5.27. The highest BCUT2D eigenvalue weighted by Crippen LogP contribution is 2.41. The lowest BCUT2D eigenvalue weighted by Crippen LogP contribution is -2.49. The van der Waals surface area contributed by atoms with Crippen LogP contribution in [0.4, 0.5) is 4.39 Å². The average Bonchev–Trinajstić information content (AvgIpc) is 3.62. The van der Waals surface area contributed by atoms with Gasteiger partial charge in [-0.15, -0.1) is 0 Å². The van der Waals surface area contributed by atoms with Crippen LogP contribution in [0.2, 0.25) is 0 Å². The number of carbonyl (C=O) groups is 2. The number of amides is 2. The van der Waals surface area contributed by atoms with Crippen molar-refractivity contribution in [3.63, 3.8) is 0 Å². The molecule has 1 atom stereocenters. The maximum Gasteiger partial charge on any atom is 0.255 e. The maximum absolute atomic E-state index is 13.6. The maximum atomic E-state index is 13.6. The van der Waals surface area contributed by atoms with Gasteiger partial charge in [0.15, 0.2) is 11.8 Å². The quantitative estimate of drug-likeness (QED) is 0.248. The summed E-state index contributed by atoms with van der Waals surface area (Å²) in [7, 11) is 1.54. The Morgan fingerprint density at radius 2 is 1.85 bits per heavy atom. The van der Waals surface area contributed by atoms with E-state index in [1.54, 1.807) is 36.4 Å². The van der Waals surface area contributed by atoms with Gasteiger partial charge in [-0.3, -0.25) is 9.59 Å². The van der Waals surface area contributed by atoms with E-state index < -0.39 is 11.4 Å². The first-order chi connectivity index (χ1) is 19.2. The molecule has 0 saturated carbocycles. The molecule has 2 heterocycles. The van der Waals surface area contributed by atoms with E-state index in [1.807, 2.05) is 32.9 Å². The molecule has 40 heavy (non-hydrogen) atoms. The van der Waals surface area contributed by atoms with Gasteiger partial charge in [-0.2, -0.15) is 0 Å². The van der Waals surface area contributed by atoms with Crippen LogP contribution in [0.5, 0.6) is 5.75 Å². The molecule has 1 unspecified atom stereocenters. The zero-order chi connectivity index (χ0) is 28.4. The molecule has 0 radical (unpaired) electrons. The molecule has 1 aliphatic rings. The Labute approximate surface area is 235 Å². The van der Waals surface area contributed by atoms with Gasteiger partial charge >= 0.3 is 0 Å². The average molecular weight is 562 g/mol. The van der Waals surface area contributed by atoms with Crippen LogP contribution < -0.4 is 15.4 Å². The summed E-state index contributed by atoms with van der Waals surface area (Å²) in [6, 6.07) is 16.5. The molecule has 0 fully saturated rings. The molecule has 8 nitrogen and oxygen atoms in total. The van der Waals surface area contributed by atoms with Gasteiger partial charge < -0.3 is 24.0 Å². The van der Waals surface area contributed by atoms with Gasteiger partial charge in [0, 0.05) is 35.2 Å². The lowest BCUT2D eigenvalue weighted by molar-refractivity contribution is 0.0911. The first-order valence-electron chi connectivity index (χ1n) is 12.7. The largest absolute Gasteiger partial charge is 0.493 e. The Morgan fingerprint density at radius 1 is 1.07 bits per heavy atom. The summed E-state index contributed by atoms with van der Waals surface area (Å²) in [5, 5.41) is 6.00. The van der Waals surface area contributed by atoms with E-state index in [-0.39, 0.29) is 17.2 Å². The van der Waals surface area contributed by atoms with Crippen LogP contribution in [0.15, 0.2) is 70.1 Å². The summed E-state index contributed by atoms with van der Waals surface area (Å²) in [6.07, 6.45) is 1.37. The SMILES string of the molecule is CCOc1cc2oc(-c3ccc(F)cc3)c(C(=O)NC)c2cc1-c1cccc(C(=O)NC(C)(C)C2N=COS2)c1. The Morgan fingerprint density at radius 3 is 2.52 bits per heavy atom. The van der Waals surface area contributed by atoms with Crippen molar-refractivity contribution in [1.29, 1.82) is 0 Å². The second-order valence-electron chi connectivity index (χ2n) is 9.73. The van der Waals surface area contributed by atoms with Crippen LogP contribution in [-0.2, 0) is 4.18 Å². The lowest BCUT2D eigenvalue weighted by atomic mass is 9.97. The van der Waals surface area contributed by atoms with Gasteiger partial charge in [0.05, 0.1) is 29.8 Å². The monoisotopic (exact) mass is 561 g/mol. The number of benzene rings is 3. The molecule has 206 valence electrons. The number of ether oxygens (including phenoxy) is 1. The third-order valence-corrected chi connectivity index (χ3v) is 7.62. The molecule has 1 aliphatic heterocycles. The fourth-order valence-electron chi connectivity index (χ4n) is 4.52. The number of aliphatic imine (C=N–C) groups is 1. The molecule has 0 spiro atoms. The number of nitrogens with one attached hydrogen (secondary N) is 2. The van der Waals surface area contributed by atoms with Crippen molar-refractivity contribution in [2.75, 3.05) is 13.7 Å². The highest BCUT2D eigenvalue weighted by atomic mass is 32.2. The van der Waals surface area contributed by atoms with E-state index in [1.165, 1.54) is 37.6 Å². The van der Waals surface area contributed by atoms with Crippen LogP contribution in [0.1, 0.15) is 41.5 Å². The zero-order valence-electron chi connectivity index (χ0n) is 22.4. The first-order valence-corrected chi connectivity index (χ1v) is 13.5. The van der Waals surface area contributed by atoms with Gasteiger partial charge in [0.1, 0.15) is 22.9 Å². The summed E-state index contributed by atoms with van der Waals surface area (Å²) in [5.41, 5.74) is 2.53. The van der Waals surface area contributed by atoms with Crippen molar-refractivity contribution < 1.29 is 27.3 Å². The van der Waals surface area contributed by atoms with Crippen molar-refractivity contribution in [2.24, 2.45) is 4.99 Å². The molecule has 1 aromatic heterocycles. The minimum Gasteiger partial charge on any atom is -0.493 e. The van der Waals surface area contributed by atoms with Crippen molar-refractivity contribution in [2.45, 2.75) is 31.7 Å². The topological polar surface area (TPSA) is 102 Å². The van der Waals surface area contributed by atoms with E-state index in [9.17, 15) is 14.0 Å². The molecule has 0 aliphatic carbocycles. The number of hydrogen-bond acceptors (Lipinski definition) is 7. The van der Waals surface area contributed by atoms with Gasteiger partial charge in [0.25, 0.3) is 11.8 Å². The van der Waals surface area contributed by atoms with E-state index in [4.69, 9.17) is 13.3 Å². The highest BCUT2D eigenvalue weighted by molar-refractivity contribution is 7.96. The normalized spacial score (nSPS) is 14.7. The number of furan rings is 1. The minimum atomic E-state index is -0.657. The van der Waals surface area contributed by atoms with E-state index in [0.29, 0.717) is 51.3 Å². The van der Waals surface area contributed by atoms with E-state index >= 15 is 0 Å². The minimum absolute atomic E-state index is 0.262. The number of nitrogens with zero attached hydrogens (tertiary/aromatic N) is 1. The smallest absolute Gasteiger partial charge is 0.255 e. The van der Waals surface area contributed by atoms with Crippen LogP contribution in [0.3, 0.4) is 0 Å². The predicted molar refractivity (Wildman–Crippen MR) is 154 cm³/mol. The summed E-state index contributed by atoms with van der Waals surface area (Å²) in [4.78, 5) is 30.6. The molecule has 2 N–H and O–H groups in total. The van der Waals surface area contributed by atoms with Crippen LogP contribution in [0, 0.1) is 5.82 Å². The molecular formula is C30H28FN3O5S. The Hall–Kier alpha value is -4.31. The van der Waals surface area contributed by atoms with Crippen molar-refractivity contribution in [1.82, 2.24) is 10.6 Å². The molecule has 0 saturated heterocycles. The van der Waals surface area contributed by atoms with Gasteiger partial charge in [-0.05, 0) is 68.8 Å². The Kier molecular flexibility index (Phi) is 7.53. The molecule has 10 heteroatoms. The first kappa shape index (κ1) is 27.3. The van der Waals surface area contributed by atoms with E-state index in [2.05, 4.69) is 15.6 Å². The molecule has 4 aromatic rings. The number of fused-ring (bicyclic) bond motifs is 1.